The van der Waals surface area contributed by atoms with E-state index in [0.717, 1.165) is 11.1 Å². The average molecular weight is 210 g/mol. The smallest absolute Gasteiger partial charge is 0.307 e. The van der Waals surface area contributed by atoms with E-state index in [0.29, 0.717) is 12.8 Å². The van der Waals surface area contributed by atoms with Crippen molar-refractivity contribution in [3.8, 4) is 0 Å². The number of carbonyl (C=O) groups is 2. The number of hydrogen-bond donors (Lipinski definition) is 1. The van der Waals surface area contributed by atoms with Gasteiger partial charge in [-0.1, -0.05) is 26.3 Å². The Morgan fingerprint density at radius 3 is 2.33 bits per heavy atom. The quantitative estimate of drug-likeness (QED) is 0.778. The first kappa shape index (κ1) is 12.0. The Bertz CT molecular complexity index is 337. The molecule has 1 rings (SSSR count). The van der Waals surface area contributed by atoms with Crippen LogP contribution in [0.3, 0.4) is 0 Å². The van der Waals surface area contributed by atoms with E-state index in [1.54, 1.807) is 0 Å². The van der Waals surface area contributed by atoms with Gasteiger partial charge in [-0.25, -0.2) is 0 Å². The van der Waals surface area contributed by atoms with Crippen LogP contribution in [0.5, 0.6) is 0 Å². The molecule has 0 saturated carbocycles. The van der Waals surface area contributed by atoms with Gasteiger partial charge in [0.1, 0.15) is 0 Å². The Morgan fingerprint density at radius 1 is 1.47 bits per heavy atom. The van der Waals surface area contributed by atoms with Crippen LogP contribution < -0.4 is 0 Å². The van der Waals surface area contributed by atoms with Crippen LogP contribution in [0.25, 0.3) is 0 Å². The number of rotatable bonds is 3. The molecule has 1 aliphatic rings. The Balaban J connectivity index is 3.09. The minimum atomic E-state index is -0.807. The second-order valence-corrected chi connectivity index (χ2v) is 4.70. The van der Waals surface area contributed by atoms with E-state index >= 15 is 0 Å². The van der Waals surface area contributed by atoms with E-state index in [4.69, 9.17) is 5.11 Å². The van der Waals surface area contributed by atoms with Crippen molar-refractivity contribution in [2.24, 2.45) is 11.3 Å². The Hall–Kier alpha value is -1.12. The lowest BCUT2D eigenvalue weighted by Gasteiger charge is -2.25. The van der Waals surface area contributed by atoms with Crippen LogP contribution >= 0.6 is 0 Å². The molecular weight excluding hydrogens is 192 g/mol. The van der Waals surface area contributed by atoms with Crippen molar-refractivity contribution in [3.63, 3.8) is 0 Å². The molecule has 0 bridgehead atoms. The molecule has 3 heteroatoms. The van der Waals surface area contributed by atoms with Gasteiger partial charge < -0.3 is 5.11 Å². The summed E-state index contributed by atoms with van der Waals surface area (Å²) in [5, 5.41) is 9.10. The van der Waals surface area contributed by atoms with Gasteiger partial charge in [0.05, 0.1) is 5.92 Å². The predicted molar refractivity (Wildman–Crippen MR) is 57.5 cm³/mol. The van der Waals surface area contributed by atoms with Crippen LogP contribution in [0.2, 0.25) is 0 Å². The Labute approximate surface area is 90.2 Å². The van der Waals surface area contributed by atoms with Gasteiger partial charge in [0.2, 0.25) is 0 Å². The van der Waals surface area contributed by atoms with Crippen LogP contribution in [0.4, 0.5) is 0 Å². The molecule has 0 saturated heterocycles. The van der Waals surface area contributed by atoms with Crippen molar-refractivity contribution in [3.05, 3.63) is 11.1 Å². The lowest BCUT2D eigenvalue weighted by molar-refractivity contribution is -0.144. The largest absolute Gasteiger partial charge is 0.481 e. The van der Waals surface area contributed by atoms with Crippen molar-refractivity contribution in [1.29, 1.82) is 0 Å². The number of aliphatic carboxylic acids is 1. The summed E-state index contributed by atoms with van der Waals surface area (Å²) < 4.78 is 0. The highest BCUT2D eigenvalue weighted by Gasteiger charge is 2.44. The minimum Gasteiger partial charge on any atom is -0.481 e. The molecule has 3 nitrogen and oxygen atoms in total. The Morgan fingerprint density at radius 2 is 2.00 bits per heavy atom. The van der Waals surface area contributed by atoms with Gasteiger partial charge in [-0.3, -0.25) is 9.59 Å². The molecule has 15 heavy (non-hydrogen) atoms. The topological polar surface area (TPSA) is 54.4 Å². The van der Waals surface area contributed by atoms with Gasteiger partial charge in [0, 0.05) is 6.42 Å². The van der Waals surface area contributed by atoms with Crippen molar-refractivity contribution in [1.82, 2.24) is 0 Å². The summed E-state index contributed by atoms with van der Waals surface area (Å²) in [5.41, 5.74) is 1.28. The molecule has 0 aromatic carbocycles. The second-order valence-electron chi connectivity index (χ2n) is 4.70. The molecule has 0 aromatic heterocycles. The molecule has 0 aromatic rings. The number of hydrogen-bond acceptors (Lipinski definition) is 2. The molecule has 1 atom stereocenters. The normalized spacial score (nSPS) is 24.4. The van der Waals surface area contributed by atoms with Gasteiger partial charge in [0.25, 0.3) is 0 Å². The zero-order valence-electron chi connectivity index (χ0n) is 9.76. The third-order valence-electron chi connectivity index (χ3n) is 3.65. The summed E-state index contributed by atoms with van der Waals surface area (Å²) >= 11 is 0. The first-order valence-corrected chi connectivity index (χ1v) is 5.28. The van der Waals surface area contributed by atoms with Crippen molar-refractivity contribution in [2.75, 3.05) is 0 Å². The number of allylic oxidation sites excluding steroid dienone is 2. The monoisotopic (exact) mass is 210 g/mol. The van der Waals surface area contributed by atoms with E-state index in [9.17, 15) is 9.59 Å². The lowest BCUT2D eigenvalue weighted by Crippen LogP contribution is -2.27. The number of ketones is 1. The maximum atomic E-state index is 11.6. The number of carboxylic acids is 1. The number of Topliss-reactive ketones (excluding diaryl/α,β-unsaturated/α-hetero) is 1. The SMILES string of the molecule is CCC(=O)C1=C(C)C(C)(C)C(C(=O)O)C1. The van der Waals surface area contributed by atoms with E-state index in [1.807, 2.05) is 27.7 Å². The summed E-state index contributed by atoms with van der Waals surface area (Å²) in [5.74, 6) is -1.18. The van der Waals surface area contributed by atoms with Crippen LogP contribution in [-0.4, -0.2) is 16.9 Å². The summed E-state index contributed by atoms with van der Waals surface area (Å²) in [4.78, 5) is 22.7. The standard InChI is InChI=1S/C12H18O3/c1-5-10(13)8-6-9(11(14)15)12(3,4)7(8)2/h9H,5-6H2,1-4H3,(H,14,15). The summed E-state index contributed by atoms with van der Waals surface area (Å²) in [6, 6.07) is 0. The second kappa shape index (κ2) is 3.80. The van der Waals surface area contributed by atoms with Gasteiger partial charge in [0.15, 0.2) is 5.78 Å². The van der Waals surface area contributed by atoms with Crippen LogP contribution in [-0.2, 0) is 9.59 Å². The molecule has 0 aliphatic heterocycles. The minimum absolute atomic E-state index is 0.0873. The molecule has 0 amide bonds. The predicted octanol–water partition coefficient (Wildman–Crippen LogP) is 2.41. The van der Waals surface area contributed by atoms with E-state index in [1.165, 1.54) is 0 Å². The van der Waals surface area contributed by atoms with E-state index in [-0.39, 0.29) is 5.78 Å². The zero-order valence-corrected chi connectivity index (χ0v) is 9.76. The fourth-order valence-electron chi connectivity index (χ4n) is 2.19. The fourth-order valence-corrected chi connectivity index (χ4v) is 2.19. The van der Waals surface area contributed by atoms with Crippen LogP contribution in [0, 0.1) is 11.3 Å². The maximum absolute atomic E-state index is 11.6. The lowest BCUT2D eigenvalue weighted by atomic mass is 9.78. The average Bonchev–Trinajstić information content (AvgIpc) is 2.38. The van der Waals surface area contributed by atoms with E-state index < -0.39 is 17.3 Å². The Kier molecular flexibility index (Phi) is 3.03. The van der Waals surface area contributed by atoms with Crippen molar-refractivity contribution in [2.45, 2.75) is 40.5 Å². The summed E-state index contributed by atoms with van der Waals surface area (Å²) in [7, 11) is 0. The van der Waals surface area contributed by atoms with E-state index in [2.05, 4.69) is 0 Å². The first-order chi connectivity index (χ1) is 6.82. The molecular formula is C12H18O3. The fraction of sp³-hybridized carbons (Fsp3) is 0.667. The molecule has 1 N–H and O–H groups in total. The highest BCUT2D eigenvalue weighted by Crippen LogP contribution is 2.47. The maximum Gasteiger partial charge on any atom is 0.307 e. The highest BCUT2D eigenvalue weighted by atomic mass is 16.4. The van der Waals surface area contributed by atoms with Gasteiger partial charge in [-0.2, -0.15) is 0 Å². The molecule has 84 valence electrons. The zero-order chi connectivity index (χ0) is 11.8. The van der Waals surface area contributed by atoms with Crippen LogP contribution in [0.1, 0.15) is 40.5 Å². The molecule has 1 unspecified atom stereocenters. The molecule has 1 aliphatic carbocycles. The molecule has 0 spiro atoms. The van der Waals surface area contributed by atoms with Gasteiger partial charge in [-0.15, -0.1) is 0 Å². The van der Waals surface area contributed by atoms with Gasteiger partial charge >= 0.3 is 5.97 Å². The summed E-state index contributed by atoms with van der Waals surface area (Å²) in [6.45, 7) is 7.49. The third-order valence-corrected chi connectivity index (χ3v) is 3.65. The third kappa shape index (κ3) is 1.83. The number of carboxylic acid groups (broad SMARTS) is 1. The van der Waals surface area contributed by atoms with Gasteiger partial charge in [-0.05, 0) is 24.3 Å². The molecule has 0 radical (unpaired) electrons. The van der Waals surface area contributed by atoms with Crippen LogP contribution in [0.15, 0.2) is 11.1 Å². The first-order valence-electron chi connectivity index (χ1n) is 5.28. The summed E-state index contributed by atoms with van der Waals surface area (Å²) in [6.07, 6.45) is 0.843. The molecule has 0 heterocycles. The van der Waals surface area contributed by atoms with Crippen molar-refractivity contribution < 1.29 is 14.7 Å². The molecule has 0 fully saturated rings. The highest BCUT2D eigenvalue weighted by molar-refractivity contribution is 5.97. The van der Waals surface area contributed by atoms with Crippen molar-refractivity contribution >= 4 is 11.8 Å². The number of carbonyl (C=O) groups excluding carboxylic acids is 1.